The van der Waals surface area contributed by atoms with Gasteiger partial charge in [-0.1, -0.05) is 42.8 Å². The van der Waals surface area contributed by atoms with Crippen LogP contribution in [-0.2, 0) is 0 Å². The van der Waals surface area contributed by atoms with Crippen LogP contribution in [0.15, 0.2) is 53.1 Å². The average molecular weight is 248 g/mol. The van der Waals surface area contributed by atoms with Gasteiger partial charge in [-0.3, -0.25) is 4.99 Å². The summed E-state index contributed by atoms with van der Waals surface area (Å²) in [6.45, 7) is 8.19. The number of aliphatic imine (C=N–C) groups is 1. The van der Waals surface area contributed by atoms with Gasteiger partial charge >= 0.3 is 0 Å². The van der Waals surface area contributed by atoms with E-state index in [1.165, 1.54) is 5.57 Å². The molecule has 1 nitrogen and oxygen atoms in total. The van der Waals surface area contributed by atoms with Gasteiger partial charge in [0.1, 0.15) is 0 Å². The number of allylic oxidation sites excluding steroid dienone is 3. The minimum atomic E-state index is 0.739. The first-order valence-electron chi connectivity index (χ1n) is 5.67. The van der Waals surface area contributed by atoms with Gasteiger partial charge < -0.3 is 0 Å². The van der Waals surface area contributed by atoms with E-state index in [1.54, 1.807) is 7.05 Å². The van der Waals surface area contributed by atoms with Crippen molar-refractivity contribution < 1.29 is 0 Å². The molecule has 1 aromatic carbocycles. The lowest BCUT2D eigenvalue weighted by atomic mass is 10.0. The van der Waals surface area contributed by atoms with Gasteiger partial charge in [-0.2, -0.15) is 0 Å². The molecule has 0 amide bonds. The second-order valence-electron chi connectivity index (χ2n) is 3.90. The van der Waals surface area contributed by atoms with Crippen LogP contribution in [0.3, 0.4) is 0 Å². The zero-order valence-electron chi connectivity index (χ0n) is 10.6. The molecule has 0 heterocycles. The van der Waals surface area contributed by atoms with Gasteiger partial charge in [0.25, 0.3) is 0 Å². The molecule has 1 aromatic rings. The zero-order valence-corrected chi connectivity index (χ0v) is 11.4. The van der Waals surface area contributed by atoms with Crippen LogP contribution < -0.4 is 0 Å². The number of nitrogens with zero attached hydrogens (tertiary/aromatic N) is 1. The lowest BCUT2D eigenvalue weighted by Crippen LogP contribution is -1.98. The smallest absolute Gasteiger partial charge is 0.0645 e. The van der Waals surface area contributed by atoms with Crippen molar-refractivity contribution >= 4 is 17.3 Å². The quantitative estimate of drug-likeness (QED) is 0.542. The highest BCUT2D eigenvalue weighted by Gasteiger charge is 2.01. The van der Waals surface area contributed by atoms with Crippen LogP contribution >= 0.6 is 11.6 Å². The molecule has 0 aliphatic carbocycles. The van der Waals surface area contributed by atoms with Crippen LogP contribution in [0.4, 0.5) is 0 Å². The van der Waals surface area contributed by atoms with Crippen molar-refractivity contribution in [1.29, 1.82) is 0 Å². The zero-order chi connectivity index (χ0) is 12.8. The van der Waals surface area contributed by atoms with Crippen molar-refractivity contribution in [2.24, 2.45) is 4.99 Å². The Hall–Kier alpha value is -1.34. The Bertz CT molecular complexity index is 452. The maximum absolute atomic E-state index is 5.87. The number of rotatable bonds is 4. The molecule has 0 N–H and O–H groups in total. The second kappa shape index (κ2) is 6.41. The monoisotopic (exact) mass is 247 g/mol. The fraction of sp³-hybridized carbons (Fsp3) is 0.267. The van der Waals surface area contributed by atoms with Gasteiger partial charge in [-0.15, -0.1) is 0 Å². The van der Waals surface area contributed by atoms with Gasteiger partial charge in [0.05, 0.1) is 5.71 Å². The maximum atomic E-state index is 5.87. The molecule has 0 aromatic heterocycles. The van der Waals surface area contributed by atoms with Crippen molar-refractivity contribution in [3.8, 4) is 0 Å². The third-order valence-corrected chi connectivity index (χ3v) is 2.97. The van der Waals surface area contributed by atoms with E-state index in [-0.39, 0.29) is 0 Å². The molecule has 90 valence electrons. The van der Waals surface area contributed by atoms with Crippen molar-refractivity contribution in [2.75, 3.05) is 7.05 Å². The Morgan fingerprint density at radius 1 is 1.35 bits per heavy atom. The van der Waals surface area contributed by atoms with Crippen molar-refractivity contribution in [1.82, 2.24) is 0 Å². The fourth-order valence-corrected chi connectivity index (χ4v) is 1.61. The largest absolute Gasteiger partial charge is 0.288 e. The Morgan fingerprint density at radius 3 is 2.41 bits per heavy atom. The van der Waals surface area contributed by atoms with Crippen molar-refractivity contribution in [3.63, 3.8) is 0 Å². The van der Waals surface area contributed by atoms with Gasteiger partial charge in [0, 0.05) is 12.1 Å². The molecule has 0 atom stereocenters. The highest BCUT2D eigenvalue weighted by atomic mass is 35.5. The van der Waals surface area contributed by atoms with E-state index in [4.69, 9.17) is 11.6 Å². The van der Waals surface area contributed by atoms with E-state index in [9.17, 15) is 0 Å². The highest BCUT2D eigenvalue weighted by Crippen LogP contribution is 2.15. The Balaban J connectivity index is 3.02. The van der Waals surface area contributed by atoms with Gasteiger partial charge in [0.15, 0.2) is 0 Å². The normalized spacial score (nSPS) is 12.7. The predicted molar refractivity (Wildman–Crippen MR) is 77.1 cm³/mol. The summed E-state index contributed by atoms with van der Waals surface area (Å²) in [6.07, 6.45) is 3.02. The first kappa shape index (κ1) is 13.7. The molecule has 0 bridgehead atoms. The molecule has 0 aliphatic rings. The minimum absolute atomic E-state index is 0.739. The summed E-state index contributed by atoms with van der Waals surface area (Å²) in [5.74, 6) is 0. The van der Waals surface area contributed by atoms with Crippen molar-refractivity contribution in [2.45, 2.75) is 20.3 Å². The molecule has 1 rings (SSSR count). The third kappa shape index (κ3) is 3.86. The molecule has 0 aliphatic heterocycles. The van der Waals surface area contributed by atoms with Gasteiger partial charge in [0.2, 0.25) is 0 Å². The number of hydrogen-bond acceptors (Lipinski definition) is 1. The van der Waals surface area contributed by atoms with Gasteiger partial charge in [-0.05, 0) is 42.7 Å². The van der Waals surface area contributed by atoms with Gasteiger partial charge in [-0.25, -0.2) is 0 Å². The molecule has 0 saturated heterocycles. The Kier molecular flexibility index (Phi) is 5.17. The summed E-state index contributed by atoms with van der Waals surface area (Å²) >= 11 is 5.87. The van der Waals surface area contributed by atoms with E-state index in [0.29, 0.717) is 0 Å². The first-order chi connectivity index (χ1) is 8.08. The average Bonchev–Trinajstić information content (AvgIpc) is 2.35. The van der Waals surface area contributed by atoms with Crippen LogP contribution in [0.2, 0.25) is 5.02 Å². The summed E-state index contributed by atoms with van der Waals surface area (Å²) in [6, 6.07) is 7.70. The second-order valence-corrected chi connectivity index (χ2v) is 4.34. The highest BCUT2D eigenvalue weighted by molar-refractivity contribution is 6.30. The minimum Gasteiger partial charge on any atom is -0.288 e. The summed E-state index contributed by atoms with van der Waals surface area (Å²) in [5, 5.41) is 0.739. The number of halogens is 1. The Morgan fingerprint density at radius 2 is 1.94 bits per heavy atom. The van der Waals surface area contributed by atoms with Crippen molar-refractivity contribution in [3.05, 3.63) is 58.7 Å². The lowest BCUT2D eigenvalue weighted by Gasteiger charge is -2.05. The van der Waals surface area contributed by atoms with Crippen LogP contribution in [0.25, 0.3) is 0 Å². The van der Waals surface area contributed by atoms with Crippen LogP contribution in [-0.4, -0.2) is 12.8 Å². The van der Waals surface area contributed by atoms with E-state index >= 15 is 0 Å². The van der Waals surface area contributed by atoms with E-state index < -0.39 is 0 Å². The lowest BCUT2D eigenvalue weighted by molar-refractivity contribution is 1.11. The van der Waals surface area contributed by atoms with Crippen LogP contribution in [0.1, 0.15) is 25.8 Å². The van der Waals surface area contributed by atoms with Crippen LogP contribution in [0.5, 0.6) is 0 Å². The first-order valence-corrected chi connectivity index (χ1v) is 6.05. The maximum Gasteiger partial charge on any atom is 0.0645 e. The third-order valence-electron chi connectivity index (χ3n) is 2.72. The fourth-order valence-electron chi connectivity index (χ4n) is 1.48. The molecule has 2 heteroatoms. The Labute approximate surface area is 109 Å². The van der Waals surface area contributed by atoms with E-state index in [1.807, 2.05) is 24.3 Å². The summed E-state index contributed by atoms with van der Waals surface area (Å²) in [5.41, 5.74) is 4.33. The standard InChI is InChI=1S/C15H18ClN/c1-5-11(2)12(3)10-15(17-4)13-6-8-14(16)9-7-13/h6-10H,2,5H2,1,3-4H3/b12-10+,17-15+. The number of hydrogen-bond donors (Lipinski definition) is 0. The molecule has 0 radical (unpaired) electrons. The molecular weight excluding hydrogens is 230 g/mol. The van der Waals surface area contributed by atoms with Crippen LogP contribution in [0, 0.1) is 0 Å². The SMILES string of the molecule is C=C(CC)/C(C)=C/C(=N\C)c1ccc(Cl)cc1. The molecular formula is C15H18ClN. The summed E-state index contributed by atoms with van der Waals surface area (Å²) in [4.78, 5) is 4.30. The number of benzene rings is 1. The summed E-state index contributed by atoms with van der Waals surface area (Å²) < 4.78 is 0. The molecule has 0 spiro atoms. The topological polar surface area (TPSA) is 12.4 Å². The molecule has 0 fully saturated rings. The molecule has 0 saturated carbocycles. The predicted octanol–water partition coefficient (Wildman–Crippen LogP) is 4.67. The summed E-state index contributed by atoms with van der Waals surface area (Å²) in [7, 11) is 1.79. The molecule has 17 heavy (non-hydrogen) atoms. The molecule has 0 unspecified atom stereocenters. The van der Waals surface area contributed by atoms with E-state index in [0.717, 1.165) is 28.3 Å². The van der Waals surface area contributed by atoms with E-state index in [2.05, 4.69) is 31.5 Å².